The first-order chi connectivity index (χ1) is 8.24. The van der Waals surface area contributed by atoms with Crippen molar-refractivity contribution in [3.05, 3.63) is 42.2 Å². The van der Waals surface area contributed by atoms with Gasteiger partial charge in [-0.05, 0) is 23.6 Å². The van der Waals surface area contributed by atoms with E-state index in [1.165, 1.54) is 0 Å². The molecule has 90 valence electrons. The molecule has 1 aromatic carbocycles. The van der Waals surface area contributed by atoms with E-state index in [0.29, 0.717) is 5.92 Å². The van der Waals surface area contributed by atoms with Gasteiger partial charge in [0.1, 0.15) is 5.75 Å². The van der Waals surface area contributed by atoms with Gasteiger partial charge in [0.05, 0.1) is 19.3 Å². The molecule has 1 aromatic heterocycles. The highest BCUT2D eigenvalue weighted by Gasteiger charge is 2.00. The number of hydrogen-bond acceptors (Lipinski definition) is 3. The SMILES string of the molecule is CC(C)COc1cccc(Cn2ccnn2)c1. The summed E-state index contributed by atoms with van der Waals surface area (Å²) in [6, 6.07) is 8.09. The van der Waals surface area contributed by atoms with Crippen LogP contribution in [0.15, 0.2) is 36.7 Å². The van der Waals surface area contributed by atoms with Crippen molar-refractivity contribution >= 4 is 0 Å². The van der Waals surface area contributed by atoms with E-state index < -0.39 is 0 Å². The van der Waals surface area contributed by atoms with E-state index in [1.54, 1.807) is 10.9 Å². The zero-order valence-electron chi connectivity index (χ0n) is 10.2. The molecule has 1 heterocycles. The van der Waals surface area contributed by atoms with Gasteiger partial charge in [-0.1, -0.05) is 31.2 Å². The summed E-state index contributed by atoms with van der Waals surface area (Å²) in [5, 5.41) is 7.72. The molecule has 0 spiro atoms. The van der Waals surface area contributed by atoms with Gasteiger partial charge in [0.15, 0.2) is 0 Å². The third-order valence-corrected chi connectivity index (χ3v) is 2.30. The Balaban J connectivity index is 2.01. The second-order valence-corrected chi connectivity index (χ2v) is 4.45. The van der Waals surface area contributed by atoms with E-state index in [0.717, 1.165) is 24.5 Å². The van der Waals surface area contributed by atoms with Gasteiger partial charge in [-0.15, -0.1) is 5.10 Å². The molecule has 0 unspecified atom stereocenters. The summed E-state index contributed by atoms with van der Waals surface area (Å²) < 4.78 is 7.48. The summed E-state index contributed by atoms with van der Waals surface area (Å²) >= 11 is 0. The zero-order valence-corrected chi connectivity index (χ0v) is 10.2. The van der Waals surface area contributed by atoms with Gasteiger partial charge >= 0.3 is 0 Å². The first kappa shape index (κ1) is 11.6. The summed E-state index contributed by atoms with van der Waals surface area (Å²) in [6.07, 6.45) is 3.53. The minimum absolute atomic E-state index is 0.536. The number of benzene rings is 1. The van der Waals surface area contributed by atoms with Crippen LogP contribution < -0.4 is 4.74 Å². The molecule has 4 heteroatoms. The summed E-state index contributed by atoms with van der Waals surface area (Å²) in [6.45, 7) is 5.74. The topological polar surface area (TPSA) is 39.9 Å². The molecule has 2 aromatic rings. The van der Waals surface area contributed by atoms with Gasteiger partial charge in [0.2, 0.25) is 0 Å². The number of aromatic nitrogens is 3. The van der Waals surface area contributed by atoms with E-state index in [9.17, 15) is 0 Å². The molecule has 0 bridgehead atoms. The second kappa shape index (κ2) is 5.48. The van der Waals surface area contributed by atoms with Crippen LogP contribution in [0.25, 0.3) is 0 Å². The fourth-order valence-electron chi connectivity index (χ4n) is 1.50. The standard InChI is InChI=1S/C13H17N3O/c1-11(2)10-17-13-5-3-4-12(8-13)9-16-7-6-14-15-16/h3-8,11H,9-10H2,1-2H3. The Morgan fingerprint density at radius 2 is 2.24 bits per heavy atom. The number of hydrogen-bond donors (Lipinski definition) is 0. The quantitative estimate of drug-likeness (QED) is 0.793. The van der Waals surface area contributed by atoms with Gasteiger partial charge in [-0.25, -0.2) is 4.68 Å². The fourth-order valence-corrected chi connectivity index (χ4v) is 1.50. The van der Waals surface area contributed by atoms with Crippen LogP contribution in [0.1, 0.15) is 19.4 Å². The van der Waals surface area contributed by atoms with Crippen molar-refractivity contribution in [3.63, 3.8) is 0 Å². The summed E-state index contributed by atoms with van der Waals surface area (Å²) in [4.78, 5) is 0. The van der Waals surface area contributed by atoms with Gasteiger partial charge in [-0.2, -0.15) is 0 Å². The van der Waals surface area contributed by atoms with Crippen molar-refractivity contribution in [2.24, 2.45) is 5.92 Å². The van der Waals surface area contributed by atoms with Crippen LogP contribution in [0.2, 0.25) is 0 Å². The Labute approximate surface area is 101 Å². The predicted octanol–water partition coefficient (Wildman–Crippen LogP) is 2.36. The molecule has 0 aliphatic carbocycles. The molecule has 0 aliphatic rings. The van der Waals surface area contributed by atoms with Crippen molar-refractivity contribution in [2.45, 2.75) is 20.4 Å². The van der Waals surface area contributed by atoms with Crippen LogP contribution in [0, 0.1) is 5.92 Å². The van der Waals surface area contributed by atoms with Crippen molar-refractivity contribution < 1.29 is 4.74 Å². The molecular weight excluding hydrogens is 214 g/mol. The monoisotopic (exact) mass is 231 g/mol. The molecule has 0 aliphatic heterocycles. The minimum Gasteiger partial charge on any atom is -0.493 e. The molecule has 0 saturated carbocycles. The molecule has 17 heavy (non-hydrogen) atoms. The average Bonchev–Trinajstić information content (AvgIpc) is 2.80. The lowest BCUT2D eigenvalue weighted by Crippen LogP contribution is -2.05. The number of rotatable bonds is 5. The Morgan fingerprint density at radius 3 is 2.94 bits per heavy atom. The molecule has 0 amide bonds. The number of ether oxygens (including phenoxy) is 1. The van der Waals surface area contributed by atoms with Crippen LogP contribution >= 0.6 is 0 Å². The van der Waals surface area contributed by atoms with E-state index in [4.69, 9.17) is 4.74 Å². The molecular formula is C13H17N3O. The first-order valence-corrected chi connectivity index (χ1v) is 5.80. The normalized spacial score (nSPS) is 10.8. The Morgan fingerprint density at radius 1 is 1.35 bits per heavy atom. The number of nitrogens with zero attached hydrogens (tertiary/aromatic N) is 3. The molecule has 2 rings (SSSR count). The maximum absolute atomic E-state index is 5.68. The van der Waals surface area contributed by atoms with Crippen molar-refractivity contribution in [2.75, 3.05) is 6.61 Å². The van der Waals surface area contributed by atoms with Crippen LogP contribution in [0.5, 0.6) is 5.75 Å². The van der Waals surface area contributed by atoms with Crippen LogP contribution in [-0.2, 0) is 6.54 Å². The lowest BCUT2D eigenvalue weighted by molar-refractivity contribution is 0.271. The van der Waals surface area contributed by atoms with Crippen molar-refractivity contribution in [1.29, 1.82) is 0 Å². The second-order valence-electron chi connectivity index (χ2n) is 4.45. The van der Waals surface area contributed by atoms with E-state index in [-0.39, 0.29) is 0 Å². The fraction of sp³-hybridized carbons (Fsp3) is 0.385. The van der Waals surface area contributed by atoms with Gasteiger partial charge in [-0.3, -0.25) is 0 Å². The lowest BCUT2D eigenvalue weighted by atomic mass is 10.2. The molecule has 0 radical (unpaired) electrons. The Kier molecular flexibility index (Phi) is 3.75. The van der Waals surface area contributed by atoms with Crippen LogP contribution in [-0.4, -0.2) is 21.6 Å². The van der Waals surface area contributed by atoms with Crippen molar-refractivity contribution in [3.8, 4) is 5.75 Å². The summed E-state index contributed by atoms with van der Waals surface area (Å²) in [5.41, 5.74) is 1.16. The van der Waals surface area contributed by atoms with Gasteiger partial charge in [0.25, 0.3) is 0 Å². The highest BCUT2D eigenvalue weighted by atomic mass is 16.5. The largest absolute Gasteiger partial charge is 0.493 e. The maximum atomic E-state index is 5.68. The molecule has 0 N–H and O–H groups in total. The summed E-state index contributed by atoms with van der Waals surface area (Å²) in [7, 11) is 0. The van der Waals surface area contributed by atoms with E-state index in [2.05, 4.69) is 30.2 Å². The highest BCUT2D eigenvalue weighted by Crippen LogP contribution is 2.14. The predicted molar refractivity (Wildman–Crippen MR) is 65.9 cm³/mol. The maximum Gasteiger partial charge on any atom is 0.119 e. The van der Waals surface area contributed by atoms with Crippen molar-refractivity contribution in [1.82, 2.24) is 15.0 Å². The van der Waals surface area contributed by atoms with E-state index >= 15 is 0 Å². The third kappa shape index (κ3) is 3.59. The third-order valence-electron chi connectivity index (χ3n) is 2.30. The van der Waals surface area contributed by atoms with Crippen LogP contribution in [0.3, 0.4) is 0 Å². The smallest absolute Gasteiger partial charge is 0.119 e. The zero-order chi connectivity index (χ0) is 12.1. The molecule has 4 nitrogen and oxygen atoms in total. The highest BCUT2D eigenvalue weighted by molar-refractivity contribution is 5.28. The van der Waals surface area contributed by atoms with Crippen LogP contribution in [0.4, 0.5) is 0 Å². The lowest BCUT2D eigenvalue weighted by Gasteiger charge is -2.09. The van der Waals surface area contributed by atoms with Gasteiger partial charge in [0, 0.05) is 6.20 Å². The Hall–Kier alpha value is -1.84. The summed E-state index contributed by atoms with van der Waals surface area (Å²) in [5.74, 6) is 1.45. The van der Waals surface area contributed by atoms with Gasteiger partial charge < -0.3 is 4.74 Å². The minimum atomic E-state index is 0.536. The molecule has 0 fully saturated rings. The molecule has 0 saturated heterocycles. The Bertz CT molecular complexity index is 451. The molecule has 0 atom stereocenters. The first-order valence-electron chi connectivity index (χ1n) is 5.80. The average molecular weight is 231 g/mol. The van der Waals surface area contributed by atoms with E-state index in [1.807, 2.05) is 24.4 Å².